The Morgan fingerprint density at radius 2 is 2.04 bits per heavy atom. The molecule has 0 N–H and O–H groups in total. The Morgan fingerprint density at radius 3 is 2.80 bits per heavy atom. The molecule has 0 saturated carbocycles. The highest BCUT2D eigenvalue weighted by Crippen LogP contribution is 2.29. The first-order valence-corrected chi connectivity index (χ1v) is 8.37. The highest BCUT2D eigenvalue weighted by molar-refractivity contribution is 9.10. The summed E-state index contributed by atoms with van der Waals surface area (Å²) in [5.74, 6) is 1.86. The van der Waals surface area contributed by atoms with Crippen LogP contribution in [0.15, 0.2) is 51.5 Å². The Hall–Kier alpha value is -2.85. The third-order valence-corrected chi connectivity index (χ3v) is 3.77. The summed E-state index contributed by atoms with van der Waals surface area (Å²) in [6.07, 6.45) is 0. The van der Waals surface area contributed by atoms with Gasteiger partial charge in [-0.05, 0) is 31.2 Å². The van der Waals surface area contributed by atoms with Gasteiger partial charge in [0.2, 0.25) is 5.82 Å². The molecule has 0 atom stereocenters. The summed E-state index contributed by atoms with van der Waals surface area (Å²) in [6, 6.07) is 14.7. The van der Waals surface area contributed by atoms with Crippen LogP contribution in [0.3, 0.4) is 0 Å². The van der Waals surface area contributed by atoms with Crippen LogP contribution in [-0.2, 0) is 6.61 Å². The second-order valence-electron chi connectivity index (χ2n) is 5.02. The van der Waals surface area contributed by atoms with Crippen molar-refractivity contribution >= 4 is 15.9 Å². The first-order valence-electron chi connectivity index (χ1n) is 7.58. The average Bonchev–Trinajstić information content (AvgIpc) is 3.10. The quantitative estimate of drug-likeness (QED) is 0.612. The molecule has 0 radical (unpaired) electrons. The molecule has 3 rings (SSSR count). The van der Waals surface area contributed by atoms with Crippen molar-refractivity contribution in [2.45, 2.75) is 13.5 Å². The van der Waals surface area contributed by atoms with Crippen LogP contribution in [0.5, 0.6) is 11.5 Å². The van der Waals surface area contributed by atoms with Crippen LogP contribution in [-0.4, -0.2) is 16.7 Å². The third kappa shape index (κ3) is 4.17. The Kier molecular flexibility index (Phi) is 5.31. The van der Waals surface area contributed by atoms with E-state index in [0.717, 1.165) is 10.0 Å². The molecule has 0 fully saturated rings. The minimum absolute atomic E-state index is 0.104. The molecule has 0 aliphatic carbocycles. The molecule has 0 saturated heterocycles. The topological polar surface area (TPSA) is 81.2 Å². The van der Waals surface area contributed by atoms with Gasteiger partial charge in [-0.1, -0.05) is 33.2 Å². The minimum atomic E-state index is 0.104. The van der Waals surface area contributed by atoms with Gasteiger partial charge >= 0.3 is 0 Å². The van der Waals surface area contributed by atoms with E-state index in [4.69, 9.17) is 19.3 Å². The molecule has 7 heteroatoms. The van der Waals surface area contributed by atoms with Crippen LogP contribution in [0.1, 0.15) is 18.4 Å². The third-order valence-electron chi connectivity index (χ3n) is 3.27. The van der Waals surface area contributed by atoms with Crippen LogP contribution in [0, 0.1) is 11.3 Å². The first kappa shape index (κ1) is 17.0. The van der Waals surface area contributed by atoms with E-state index < -0.39 is 0 Å². The lowest BCUT2D eigenvalue weighted by Gasteiger charge is -2.10. The maximum Gasteiger partial charge on any atom is 0.264 e. The summed E-state index contributed by atoms with van der Waals surface area (Å²) in [5.41, 5.74) is 1.35. The first-order chi connectivity index (χ1) is 12.2. The standard InChI is InChI=1S/C18H14BrN3O3/c1-2-23-16-8-12(10-20)6-7-15(16)24-11-17-21-18(22-25-17)13-4-3-5-14(19)9-13/h3-9H,2,11H2,1H3. The summed E-state index contributed by atoms with van der Waals surface area (Å²) in [7, 11) is 0. The van der Waals surface area contributed by atoms with Gasteiger partial charge in [-0.25, -0.2) is 0 Å². The molecule has 2 aromatic carbocycles. The zero-order valence-corrected chi connectivity index (χ0v) is 15.0. The highest BCUT2D eigenvalue weighted by Gasteiger charge is 2.12. The van der Waals surface area contributed by atoms with E-state index >= 15 is 0 Å². The van der Waals surface area contributed by atoms with Gasteiger partial charge in [0.15, 0.2) is 18.1 Å². The molecule has 25 heavy (non-hydrogen) atoms. The van der Waals surface area contributed by atoms with Crippen molar-refractivity contribution in [1.29, 1.82) is 5.26 Å². The second-order valence-corrected chi connectivity index (χ2v) is 5.93. The Balaban J connectivity index is 1.73. The van der Waals surface area contributed by atoms with Crippen molar-refractivity contribution in [2.24, 2.45) is 0 Å². The lowest BCUT2D eigenvalue weighted by molar-refractivity contribution is 0.228. The number of ether oxygens (including phenoxy) is 2. The van der Waals surface area contributed by atoms with Gasteiger partial charge in [0.25, 0.3) is 5.89 Å². The average molecular weight is 400 g/mol. The lowest BCUT2D eigenvalue weighted by Crippen LogP contribution is -2.00. The zero-order valence-electron chi connectivity index (χ0n) is 13.4. The molecular weight excluding hydrogens is 386 g/mol. The highest BCUT2D eigenvalue weighted by atomic mass is 79.9. The number of hydrogen-bond donors (Lipinski definition) is 0. The molecule has 1 aromatic heterocycles. The number of nitrogens with zero attached hydrogens (tertiary/aromatic N) is 3. The van der Waals surface area contributed by atoms with E-state index in [0.29, 0.717) is 35.4 Å². The van der Waals surface area contributed by atoms with E-state index in [9.17, 15) is 0 Å². The Morgan fingerprint density at radius 1 is 1.16 bits per heavy atom. The molecule has 3 aromatic rings. The molecule has 0 unspecified atom stereocenters. The van der Waals surface area contributed by atoms with Crippen LogP contribution in [0.4, 0.5) is 0 Å². The van der Waals surface area contributed by atoms with E-state index in [2.05, 4.69) is 32.1 Å². The smallest absolute Gasteiger partial charge is 0.264 e. The lowest BCUT2D eigenvalue weighted by atomic mass is 10.2. The second kappa shape index (κ2) is 7.81. The maximum atomic E-state index is 8.98. The van der Waals surface area contributed by atoms with Crippen molar-refractivity contribution in [3.63, 3.8) is 0 Å². The molecule has 0 spiro atoms. The fraction of sp³-hybridized carbons (Fsp3) is 0.167. The monoisotopic (exact) mass is 399 g/mol. The maximum absolute atomic E-state index is 8.98. The predicted molar refractivity (Wildman–Crippen MR) is 94.1 cm³/mol. The zero-order chi connectivity index (χ0) is 17.6. The van der Waals surface area contributed by atoms with Gasteiger partial charge in [0.05, 0.1) is 18.2 Å². The SMILES string of the molecule is CCOc1cc(C#N)ccc1OCc1nc(-c2cccc(Br)c2)no1. The number of hydrogen-bond acceptors (Lipinski definition) is 6. The number of rotatable bonds is 6. The van der Waals surface area contributed by atoms with Crippen molar-refractivity contribution in [3.8, 4) is 29.0 Å². The van der Waals surface area contributed by atoms with Crippen LogP contribution in [0.2, 0.25) is 0 Å². The molecule has 0 aliphatic heterocycles. The molecule has 6 nitrogen and oxygen atoms in total. The Labute approximate surface area is 153 Å². The molecule has 126 valence electrons. The molecule has 0 aliphatic rings. The minimum Gasteiger partial charge on any atom is -0.490 e. The van der Waals surface area contributed by atoms with Gasteiger partial charge in [-0.2, -0.15) is 10.2 Å². The molecule has 0 bridgehead atoms. The number of nitriles is 1. The van der Waals surface area contributed by atoms with Crippen molar-refractivity contribution in [1.82, 2.24) is 10.1 Å². The van der Waals surface area contributed by atoms with Crippen LogP contribution in [0.25, 0.3) is 11.4 Å². The fourth-order valence-electron chi connectivity index (χ4n) is 2.16. The van der Waals surface area contributed by atoms with Gasteiger partial charge in [0.1, 0.15) is 0 Å². The van der Waals surface area contributed by atoms with E-state index in [1.165, 1.54) is 0 Å². The van der Waals surface area contributed by atoms with Crippen LogP contribution < -0.4 is 9.47 Å². The van der Waals surface area contributed by atoms with Gasteiger partial charge < -0.3 is 14.0 Å². The van der Waals surface area contributed by atoms with Gasteiger partial charge in [-0.15, -0.1) is 0 Å². The van der Waals surface area contributed by atoms with Crippen molar-refractivity contribution in [2.75, 3.05) is 6.61 Å². The normalized spacial score (nSPS) is 10.3. The molecule has 0 amide bonds. The van der Waals surface area contributed by atoms with Gasteiger partial charge in [-0.3, -0.25) is 0 Å². The van der Waals surface area contributed by atoms with Crippen LogP contribution >= 0.6 is 15.9 Å². The van der Waals surface area contributed by atoms with Crippen molar-refractivity contribution < 1.29 is 14.0 Å². The Bertz CT molecular complexity index is 918. The number of halogens is 1. The number of benzene rings is 2. The number of aromatic nitrogens is 2. The van der Waals surface area contributed by atoms with E-state index in [1.54, 1.807) is 18.2 Å². The summed E-state index contributed by atoms with van der Waals surface area (Å²) >= 11 is 3.41. The summed E-state index contributed by atoms with van der Waals surface area (Å²) in [6.45, 7) is 2.44. The fourth-order valence-corrected chi connectivity index (χ4v) is 2.56. The summed E-state index contributed by atoms with van der Waals surface area (Å²) < 4.78 is 17.4. The summed E-state index contributed by atoms with van der Waals surface area (Å²) in [5, 5.41) is 12.9. The largest absolute Gasteiger partial charge is 0.490 e. The van der Waals surface area contributed by atoms with E-state index in [-0.39, 0.29) is 6.61 Å². The summed E-state index contributed by atoms with van der Waals surface area (Å²) in [4.78, 5) is 4.33. The predicted octanol–water partition coefficient (Wildman–Crippen LogP) is 4.35. The molecular formula is C18H14BrN3O3. The van der Waals surface area contributed by atoms with Crippen molar-refractivity contribution in [3.05, 3.63) is 58.4 Å². The van der Waals surface area contributed by atoms with Gasteiger partial charge in [0, 0.05) is 16.1 Å². The van der Waals surface area contributed by atoms with E-state index in [1.807, 2.05) is 31.2 Å². The molecule has 1 heterocycles.